The van der Waals surface area contributed by atoms with Gasteiger partial charge in [-0.1, -0.05) is 33.6 Å². The van der Waals surface area contributed by atoms with Gasteiger partial charge in [-0.05, 0) is 30.0 Å². The molecule has 31 heavy (non-hydrogen) atoms. The van der Waals surface area contributed by atoms with Crippen molar-refractivity contribution in [2.45, 2.75) is 46.1 Å². The number of nitrogens with one attached hydrogen (secondary N) is 2. The molecule has 0 radical (unpaired) electrons. The van der Waals surface area contributed by atoms with E-state index in [1.807, 2.05) is 13.8 Å². The lowest BCUT2D eigenvalue weighted by Gasteiger charge is -2.20. The van der Waals surface area contributed by atoms with E-state index in [1.54, 1.807) is 25.1 Å². The van der Waals surface area contributed by atoms with Crippen molar-refractivity contribution in [3.63, 3.8) is 0 Å². The molecule has 0 aliphatic rings. The van der Waals surface area contributed by atoms with Crippen LogP contribution in [0.5, 0.6) is 5.75 Å². The van der Waals surface area contributed by atoms with Crippen molar-refractivity contribution >= 4 is 28.8 Å². The van der Waals surface area contributed by atoms with Crippen LogP contribution in [0, 0.1) is 5.92 Å². The molecular formula is C22H28N2O7. The molecule has 2 rings (SSSR count). The Morgan fingerprint density at radius 2 is 1.90 bits per heavy atom. The fourth-order valence-corrected chi connectivity index (χ4v) is 3.06. The number of carbonyl (C=O) groups is 3. The minimum atomic E-state index is -1.12. The van der Waals surface area contributed by atoms with Crippen molar-refractivity contribution in [2.24, 2.45) is 5.92 Å². The first-order valence-corrected chi connectivity index (χ1v) is 10.2. The van der Waals surface area contributed by atoms with Gasteiger partial charge in [0.15, 0.2) is 6.61 Å². The number of ether oxygens (including phenoxy) is 1. The standard InChI is InChI=1S/C22H28N2O7/c1-4-6-14-9-20(27)31-17-10-15(7-8-16(14)17)30-12-19(26)23-11-18(25)24-21(22(28)29)13(3)5-2/h7-10,13,21H,4-6,11-12H2,1-3H3,(H,23,26)(H,24,25)(H,28,29)/t13-,21-/m1/s1. The Labute approximate surface area is 179 Å². The summed E-state index contributed by atoms with van der Waals surface area (Å²) < 4.78 is 10.6. The van der Waals surface area contributed by atoms with E-state index in [0.717, 1.165) is 23.8 Å². The summed E-state index contributed by atoms with van der Waals surface area (Å²) in [6.45, 7) is 4.85. The molecule has 168 valence electrons. The zero-order valence-electron chi connectivity index (χ0n) is 17.9. The predicted octanol–water partition coefficient (Wildman–Crippen LogP) is 1.86. The summed E-state index contributed by atoms with van der Waals surface area (Å²) in [5, 5.41) is 14.8. The van der Waals surface area contributed by atoms with Crippen molar-refractivity contribution in [3.05, 3.63) is 40.2 Å². The third-order valence-corrected chi connectivity index (χ3v) is 4.93. The number of carboxylic acid groups (broad SMARTS) is 1. The van der Waals surface area contributed by atoms with E-state index < -0.39 is 29.5 Å². The van der Waals surface area contributed by atoms with Crippen LogP contribution in [0.25, 0.3) is 11.0 Å². The van der Waals surface area contributed by atoms with Gasteiger partial charge in [-0.25, -0.2) is 9.59 Å². The van der Waals surface area contributed by atoms with Crippen molar-refractivity contribution < 1.29 is 28.6 Å². The monoisotopic (exact) mass is 432 g/mol. The smallest absolute Gasteiger partial charge is 0.336 e. The molecule has 2 aromatic rings. The largest absolute Gasteiger partial charge is 0.484 e. The van der Waals surface area contributed by atoms with Gasteiger partial charge in [0.25, 0.3) is 5.91 Å². The first kappa shape index (κ1) is 23.9. The molecular weight excluding hydrogens is 404 g/mol. The van der Waals surface area contributed by atoms with Gasteiger partial charge in [-0.15, -0.1) is 0 Å². The Bertz CT molecular complexity index is 999. The van der Waals surface area contributed by atoms with E-state index in [-0.39, 0.29) is 19.1 Å². The number of aryl methyl sites for hydroxylation is 1. The first-order chi connectivity index (χ1) is 14.7. The van der Waals surface area contributed by atoms with Crippen molar-refractivity contribution in [2.75, 3.05) is 13.2 Å². The zero-order chi connectivity index (χ0) is 23.0. The summed E-state index contributed by atoms with van der Waals surface area (Å²) in [5.41, 5.74) is 0.813. The second-order valence-corrected chi connectivity index (χ2v) is 7.33. The van der Waals surface area contributed by atoms with Crippen molar-refractivity contribution in [1.82, 2.24) is 10.6 Å². The predicted molar refractivity (Wildman–Crippen MR) is 114 cm³/mol. The van der Waals surface area contributed by atoms with E-state index in [9.17, 15) is 24.3 Å². The van der Waals surface area contributed by atoms with Crippen molar-refractivity contribution in [3.8, 4) is 5.75 Å². The van der Waals surface area contributed by atoms with Crippen LogP contribution < -0.4 is 21.0 Å². The molecule has 9 heteroatoms. The van der Waals surface area contributed by atoms with E-state index in [4.69, 9.17) is 9.15 Å². The average molecular weight is 432 g/mol. The highest BCUT2D eigenvalue weighted by Gasteiger charge is 2.25. The number of hydrogen-bond acceptors (Lipinski definition) is 6. The SMILES string of the molecule is CCCc1cc(=O)oc2cc(OCC(=O)NCC(=O)N[C@@H](C(=O)O)[C@H](C)CC)ccc12. The van der Waals surface area contributed by atoms with Gasteiger partial charge in [-0.3, -0.25) is 9.59 Å². The number of fused-ring (bicyclic) bond motifs is 1. The summed E-state index contributed by atoms with van der Waals surface area (Å²) in [5.74, 6) is -2.18. The molecule has 0 fully saturated rings. The number of hydrogen-bond donors (Lipinski definition) is 3. The molecule has 9 nitrogen and oxygen atoms in total. The van der Waals surface area contributed by atoms with Gasteiger partial charge in [0.1, 0.15) is 17.4 Å². The molecule has 1 aromatic carbocycles. The number of carbonyl (C=O) groups excluding carboxylic acids is 2. The molecule has 3 N–H and O–H groups in total. The van der Waals surface area contributed by atoms with Gasteiger partial charge in [0, 0.05) is 17.5 Å². The Morgan fingerprint density at radius 3 is 2.55 bits per heavy atom. The van der Waals surface area contributed by atoms with Crippen LogP contribution in [0.2, 0.25) is 0 Å². The minimum Gasteiger partial charge on any atom is -0.484 e. The summed E-state index contributed by atoms with van der Waals surface area (Å²) >= 11 is 0. The van der Waals surface area contributed by atoms with E-state index in [2.05, 4.69) is 10.6 Å². The number of amides is 2. The second-order valence-electron chi connectivity index (χ2n) is 7.33. The summed E-state index contributed by atoms with van der Waals surface area (Å²) in [6.07, 6.45) is 2.21. The zero-order valence-corrected chi connectivity index (χ0v) is 17.9. The van der Waals surface area contributed by atoms with E-state index in [0.29, 0.717) is 17.8 Å². The van der Waals surface area contributed by atoms with Crippen LogP contribution >= 0.6 is 0 Å². The third-order valence-electron chi connectivity index (χ3n) is 4.93. The Hall–Kier alpha value is -3.36. The Morgan fingerprint density at radius 1 is 1.16 bits per heavy atom. The number of rotatable bonds is 11. The normalized spacial score (nSPS) is 12.7. The van der Waals surface area contributed by atoms with Gasteiger partial charge in [0.05, 0.1) is 6.54 Å². The maximum absolute atomic E-state index is 12.0. The fraction of sp³-hybridized carbons (Fsp3) is 0.455. The molecule has 0 unspecified atom stereocenters. The van der Waals surface area contributed by atoms with Gasteiger partial charge < -0.3 is 24.9 Å². The Balaban J connectivity index is 1.91. The van der Waals surface area contributed by atoms with Gasteiger partial charge in [0.2, 0.25) is 5.91 Å². The Kier molecular flexibility index (Phi) is 8.60. The number of aliphatic carboxylic acids is 1. The minimum absolute atomic E-state index is 0.244. The quantitative estimate of drug-likeness (QED) is 0.461. The molecule has 1 heterocycles. The fourth-order valence-electron chi connectivity index (χ4n) is 3.06. The van der Waals surface area contributed by atoms with Crippen LogP contribution in [0.1, 0.15) is 39.2 Å². The van der Waals surface area contributed by atoms with Crippen LogP contribution in [0.4, 0.5) is 0 Å². The molecule has 0 bridgehead atoms. The highest BCUT2D eigenvalue weighted by atomic mass is 16.5. The lowest BCUT2D eigenvalue weighted by Crippen LogP contribution is -2.48. The number of benzene rings is 1. The van der Waals surface area contributed by atoms with Gasteiger partial charge in [-0.2, -0.15) is 0 Å². The summed E-state index contributed by atoms with van der Waals surface area (Å²) in [7, 11) is 0. The van der Waals surface area contributed by atoms with E-state index >= 15 is 0 Å². The lowest BCUT2D eigenvalue weighted by molar-refractivity contribution is -0.143. The van der Waals surface area contributed by atoms with E-state index in [1.165, 1.54) is 6.07 Å². The molecule has 0 aliphatic carbocycles. The second kappa shape index (κ2) is 11.1. The molecule has 2 amide bonds. The summed E-state index contributed by atoms with van der Waals surface area (Å²) in [6, 6.07) is 5.44. The van der Waals surface area contributed by atoms with Crippen molar-refractivity contribution in [1.29, 1.82) is 0 Å². The van der Waals surface area contributed by atoms with Crippen LogP contribution in [-0.4, -0.2) is 42.1 Å². The topological polar surface area (TPSA) is 135 Å². The molecule has 0 saturated heterocycles. The maximum Gasteiger partial charge on any atom is 0.336 e. The highest BCUT2D eigenvalue weighted by molar-refractivity contribution is 5.88. The lowest BCUT2D eigenvalue weighted by atomic mass is 9.99. The maximum atomic E-state index is 12.0. The molecule has 1 aromatic heterocycles. The number of carboxylic acids is 1. The summed E-state index contributed by atoms with van der Waals surface area (Å²) in [4.78, 5) is 46.9. The van der Waals surface area contributed by atoms with Crippen LogP contribution in [0.15, 0.2) is 33.5 Å². The van der Waals surface area contributed by atoms with Gasteiger partial charge >= 0.3 is 11.6 Å². The third kappa shape index (κ3) is 6.84. The first-order valence-electron chi connectivity index (χ1n) is 10.2. The molecule has 0 saturated carbocycles. The molecule has 0 spiro atoms. The molecule has 2 atom stereocenters. The average Bonchev–Trinajstić information content (AvgIpc) is 2.73. The van der Waals surface area contributed by atoms with Crippen LogP contribution in [-0.2, 0) is 20.8 Å². The van der Waals surface area contributed by atoms with Crippen LogP contribution in [0.3, 0.4) is 0 Å². The highest BCUT2D eigenvalue weighted by Crippen LogP contribution is 2.23. The molecule has 0 aliphatic heterocycles.